The van der Waals surface area contributed by atoms with Gasteiger partial charge < -0.3 is 41.4 Å². The van der Waals surface area contributed by atoms with Crippen LogP contribution in [0.15, 0.2) is 36.7 Å². The maximum Gasteiger partial charge on any atom is 0.246 e. The van der Waals surface area contributed by atoms with Gasteiger partial charge in [-0.1, -0.05) is 36.3 Å². The Hall–Kier alpha value is -3.64. The molecule has 1 aromatic carbocycles. The molecule has 1 aliphatic heterocycles. The number of benzene rings is 1. The quantitative estimate of drug-likeness (QED) is 0.147. The number of nitrogens with zero attached hydrogens (tertiary/aromatic N) is 5. The van der Waals surface area contributed by atoms with E-state index in [2.05, 4.69) is 42.3 Å². The minimum atomic E-state index is -1.25. The number of carbonyl (C=O) groups is 1. The lowest BCUT2D eigenvalue weighted by atomic mass is 10.1. The van der Waals surface area contributed by atoms with E-state index in [4.69, 9.17) is 10.8 Å². The summed E-state index contributed by atoms with van der Waals surface area (Å²) < 4.78 is 1.65. The molecule has 3 heterocycles. The normalized spacial score (nSPS) is 25.1. The van der Waals surface area contributed by atoms with E-state index in [1.165, 1.54) is 6.33 Å². The second-order valence-corrected chi connectivity index (χ2v) is 10.6. The third kappa shape index (κ3) is 6.65. The highest BCUT2D eigenvalue weighted by Gasteiger charge is 2.43. The third-order valence-electron chi connectivity index (χ3n) is 7.62. The van der Waals surface area contributed by atoms with Crippen molar-refractivity contribution in [1.82, 2.24) is 29.7 Å². The van der Waals surface area contributed by atoms with Crippen LogP contribution in [0, 0.1) is 11.8 Å². The molecule has 1 saturated carbocycles. The molecule has 1 amide bonds. The maximum atomic E-state index is 11.7. The third-order valence-corrected chi connectivity index (χ3v) is 7.62. The van der Waals surface area contributed by atoms with Gasteiger partial charge in [0, 0.05) is 19.1 Å². The predicted octanol–water partition coefficient (Wildman–Crippen LogP) is -1.63. The van der Waals surface area contributed by atoms with E-state index in [1.807, 2.05) is 30.3 Å². The first-order valence-electron chi connectivity index (χ1n) is 13.7. The molecule has 13 heteroatoms. The van der Waals surface area contributed by atoms with Crippen LogP contribution >= 0.6 is 0 Å². The van der Waals surface area contributed by atoms with Crippen molar-refractivity contribution in [2.24, 2.45) is 5.73 Å². The molecule has 2 aromatic heterocycles. The molecular formula is C28H36N8O5. The molecule has 8 N–H and O–H groups in total. The Morgan fingerprint density at radius 2 is 1.98 bits per heavy atom. The largest absolute Gasteiger partial charge is 0.394 e. The molecule has 1 saturated heterocycles. The van der Waals surface area contributed by atoms with Crippen molar-refractivity contribution in [2.45, 2.75) is 55.6 Å². The SMILES string of the molecule is N[C@@H]1CCN(CC#Cc2nc(N[C@H](CO)Cc3ccccc3)c3ncn([C@@H]4C[C@H](NC(=O)CO)[C@@H](O)[C@H]4O)c3n2)C1. The predicted molar refractivity (Wildman–Crippen MR) is 151 cm³/mol. The summed E-state index contributed by atoms with van der Waals surface area (Å²) in [5.74, 6) is 6.14. The number of rotatable bonds is 9. The highest BCUT2D eigenvalue weighted by molar-refractivity contribution is 5.84. The van der Waals surface area contributed by atoms with Crippen molar-refractivity contribution in [2.75, 3.05) is 38.2 Å². The van der Waals surface area contributed by atoms with Gasteiger partial charge in [-0.2, -0.15) is 0 Å². The molecule has 218 valence electrons. The van der Waals surface area contributed by atoms with Crippen LogP contribution in [0.4, 0.5) is 5.82 Å². The molecule has 0 radical (unpaired) electrons. The maximum absolute atomic E-state index is 11.7. The highest BCUT2D eigenvalue weighted by atomic mass is 16.3. The van der Waals surface area contributed by atoms with Gasteiger partial charge in [-0.3, -0.25) is 9.69 Å². The number of anilines is 1. The number of nitrogens with one attached hydrogen (secondary N) is 2. The lowest BCUT2D eigenvalue weighted by molar-refractivity contribution is -0.125. The number of hydrogen-bond donors (Lipinski definition) is 7. The summed E-state index contributed by atoms with van der Waals surface area (Å²) in [7, 11) is 0. The standard InChI is InChI=1S/C28H36N8O5/c29-18-8-10-35(13-18)9-4-7-22-33-27(31-19(14-37)11-17-5-2-1-3-6-17)24-28(34-22)36(16-30-24)21-12-20(25(40)26(21)41)32-23(39)15-38/h1-3,5-6,16,18-21,25-26,37-38,40-41H,8-15,29H2,(H,32,39)(H,31,33,34)/t18-,19+,20+,21-,25-,26+/m1/s1. The molecule has 5 rings (SSSR count). The van der Waals surface area contributed by atoms with Crippen molar-refractivity contribution in [3.8, 4) is 11.8 Å². The first-order valence-corrected chi connectivity index (χ1v) is 13.7. The fraction of sp³-hybridized carbons (Fsp3) is 0.500. The molecule has 3 aromatic rings. The smallest absolute Gasteiger partial charge is 0.246 e. The number of nitrogens with two attached hydrogens (primary N) is 1. The van der Waals surface area contributed by atoms with E-state index in [0.717, 1.165) is 25.1 Å². The summed E-state index contributed by atoms with van der Waals surface area (Å²) in [5.41, 5.74) is 7.85. The van der Waals surface area contributed by atoms with Crippen molar-refractivity contribution in [1.29, 1.82) is 0 Å². The monoisotopic (exact) mass is 564 g/mol. The van der Waals surface area contributed by atoms with Gasteiger partial charge >= 0.3 is 0 Å². The van der Waals surface area contributed by atoms with Gasteiger partial charge in [-0.05, 0) is 30.7 Å². The number of hydrogen-bond acceptors (Lipinski definition) is 11. The summed E-state index contributed by atoms with van der Waals surface area (Å²) in [6, 6.07) is 8.12. The fourth-order valence-corrected chi connectivity index (χ4v) is 5.49. The number of likely N-dealkylation sites (tertiary alicyclic amines) is 1. The summed E-state index contributed by atoms with van der Waals surface area (Å²) in [4.78, 5) is 27.7. The number of carbonyl (C=O) groups excluding carboxylic acids is 1. The molecule has 0 spiro atoms. The van der Waals surface area contributed by atoms with Crippen LogP contribution in [-0.2, 0) is 11.2 Å². The van der Waals surface area contributed by atoms with E-state index in [1.54, 1.807) is 4.57 Å². The lowest BCUT2D eigenvalue weighted by Crippen LogP contribution is -2.44. The molecule has 0 unspecified atom stereocenters. The zero-order chi connectivity index (χ0) is 28.9. The Labute approximate surface area is 237 Å². The van der Waals surface area contributed by atoms with E-state index in [-0.39, 0.29) is 30.9 Å². The van der Waals surface area contributed by atoms with Crippen LogP contribution in [0.2, 0.25) is 0 Å². The summed E-state index contributed by atoms with van der Waals surface area (Å²) in [6.45, 7) is 1.30. The number of aliphatic hydroxyl groups excluding tert-OH is 4. The number of aliphatic hydroxyl groups is 4. The average molecular weight is 565 g/mol. The number of amides is 1. The second kappa shape index (κ2) is 12.9. The summed E-state index contributed by atoms with van der Waals surface area (Å²) in [6.07, 6.45) is 0.699. The topological polar surface area (TPSA) is 195 Å². The van der Waals surface area contributed by atoms with Crippen LogP contribution in [0.3, 0.4) is 0 Å². The molecule has 1 aliphatic carbocycles. The van der Waals surface area contributed by atoms with Gasteiger partial charge in [-0.25, -0.2) is 15.0 Å². The zero-order valence-corrected chi connectivity index (χ0v) is 22.6. The Morgan fingerprint density at radius 3 is 2.68 bits per heavy atom. The minimum absolute atomic E-state index is 0.147. The van der Waals surface area contributed by atoms with Gasteiger partial charge in [-0.15, -0.1) is 0 Å². The van der Waals surface area contributed by atoms with Crippen LogP contribution < -0.4 is 16.4 Å². The summed E-state index contributed by atoms with van der Waals surface area (Å²) >= 11 is 0. The zero-order valence-electron chi connectivity index (χ0n) is 22.6. The Morgan fingerprint density at radius 1 is 1.17 bits per heavy atom. The Kier molecular flexibility index (Phi) is 9.09. The van der Waals surface area contributed by atoms with Gasteiger partial charge in [0.2, 0.25) is 11.7 Å². The molecule has 0 bridgehead atoms. The second-order valence-electron chi connectivity index (χ2n) is 10.6. The molecule has 2 fully saturated rings. The average Bonchev–Trinajstić information content (AvgIpc) is 3.67. The van der Waals surface area contributed by atoms with E-state index in [0.29, 0.717) is 29.9 Å². The molecule has 6 atom stereocenters. The Bertz CT molecular complexity index is 1410. The van der Waals surface area contributed by atoms with Crippen molar-refractivity contribution in [3.63, 3.8) is 0 Å². The van der Waals surface area contributed by atoms with Gasteiger partial charge in [0.05, 0.1) is 37.6 Å². The number of aromatic nitrogens is 4. The van der Waals surface area contributed by atoms with E-state index in [9.17, 15) is 20.1 Å². The van der Waals surface area contributed by atoms with Crippen LogP contribution in [-0.4, -0.2) is 114 Å². The first kappa shape index (κ1) is 28.9. The van der Waals surface area contributed by atoms with Crippen molar-refractivity contribution in [3.05, 3.63) is 48.0 Å². The fourth-order valence-electron chi connectivity index (χ4n) is 5.49. The first-order chi connectivity index (χ1) is 19.9. The summed E-state index contributed by atoms with van der Waals surface area (Å²) in [5, 5.41) is 46.6. The Balaban J connectivity index is 1.47. The van der Waals surface area contributed by atoms with Crippen LogP contribution in [0.5, 0.6) is 0 Å². The number of fused-ring (bicyclic) bond motifs is 1. The van der Waals surface area contributed by atoms with Crippen LogP contribution in [0.25, 0.3) is 11.2 Å². The minimum Gasteiger partial charge on any atom is -0.394 e. The molecule has 2 aliphatic rings. The molecule has 13 nitrogen and oxygen atoms in total. The number of imidazole rings is 1. The van der Waals surface area contributed by atoms with Gasteiger partial charge in [0.1, 0.15) is 18.8 Å². The van der Waals surface area contributed by atoms with Crippen molar-refractivity contribution < 1.29 is 25.2 Å². The molecular weight excluding hydrogens is 528 g/mol. The van der Waals surface area contributed by atoms with Crippen molar-refractivity contribution >= 4 is 22.9 Å². The lowest BCUT2D eigenvalue weighted by Gasteiger charge is -2.19. The van der Waals surface area contributed by atoms with E-state index < -0.39 is 36.8 Å². The van der Waals surface area contributed by atoms with E-state index >= 15 is 0 Å². The van der Waals surface area contributed by atoms with Crippen LogP contribution in [0.1, 0.15) is 30.3 Å². The highest BCUT2D eigenvalue weighted by Crippen LogP contribution is 2.34. The van der Waals surface area contributed by atoms with Gasteiger partial charge in [0.25, 0.3) is 0 Å². The van der Waals surface area contributed by atoms with Gasteiger partial charge in [0.15, 0.2) is 17.0 Å². The molecule has 41 heavy (non-hydrogen) atoms.